The summed E-state index contributed by atoms with van der Waals surface area (Å²) >= 11 is 8.47. The summed E-state index contributed by atoms with van der Waals surface area (Å²) < 4.78 is 6.76. The lowest BCUT2D eigenvalue weighted by Gasteiger charge is -2.12. The third kappa shape index (κ3) is 2.89. The van der Waals surface area contributed by atoms with Gasteiger partial charge in [0.25, 0.3) is 0 Å². The minimum Gasteiger partial charge on any atom is -0.455 e. The van der Waals surface area contributed by atoms with Crippen molar-refractivity contribution < 1.29 is 4.74 Å². The van der Waals surface area contributed by atoms with Crippen LogP contribution < -0.4 is 10.5 Å². The van der Waals surface area contributed by atoms with E-state index in [9.17, 15) is 0 Å². The molecule has 0 atom stereocenters. The highest BCUT2D eigenvalue weighted by Crippen LogP contribution is 2.31. The monoisotopic (exact) mass is 321 g/mol. The molecule has 0 saturated heterocycles. The Hall–Kier alpha value is -1.39. The second-order valence-corrected chi connectivity index (χ2v) is 5.19. The molecular formula is C14H12BrNOS. The molecule has 92 valence electrons. The van der Waals surface area contributed by atoms with Crippen LogP contribution in [0, 0.1) is 6.92 Å². The van der Waals surface area contributed by atoms with Crippen molar-refractivity contribution in [2.24, 2.45) is 5.73 Å². The highest BCUT2D eigenvalue weighted by atomic mass is 79.9. The molecule has 0 saturated carbocycles. The number of hydrogen-bond acceptors (Lipinski definition) is 2. The van der Waals surface area contributed by atoms with Gasteiger partial charge in [-0.15, -0.1) is 0 Å². The Morgan fingerprint density at radius 2 is 1.89 bits per heavy atom. The highest BCUT2D eigenvalue weighted by molar-refractivity contribution is 9.10. The van der Waals surface area contributed by atoms with Gasteiger partial charge in [-0.25, -0.2) is 0 Å². The van der Waals surface area contributed by atoms with Gasteiger partial charge >= 0.3 is 0 Å². The molecule has 0 amide bonds. The van der Waals surface area contributed by atoms with Crippen molar-refractivity contribution in [3.05, 3.63) is 58.1 Å². The fourth-order valence-corrected chi connectivity index (χ4v) is 2.10. The molecule has 2 aromatic carbocycles. The minimum absolute atomic E-state index is 0.331. The lowest BCUT2D eigenvalue weighted by Crippen LogP contribution is -2.10. The average Bonchev–Trinajstić information content (AvgIpc) is 2.32. The van der Waals surface area contributed by atoms with Crippen LogP contribution in [0.15, 0.2) is 46.9 Å². The zero-order chi connectivity index (χ0) is 13.1. The molecule has 2 rings (SSSR count). The fourth-order valence-electron chi connectivity index (χ4n) is 1.56. The Labute approximate surface area is 120 Å². The van der Waals surface area contributed by atoms with Crippen LogP contribution in [0.2, 0.25) is 0 Å². The van der Waals surface area contributed by atoms with Crippen LogP contribution in [-0.4, -0.2) is 4.99 Å². The lowest BCUT2D eigenvalue weighted by atomic mass is 10.1. The molecule has 0 aliphatic carbocycles. The van der Waals surface area contributed by atoms with Gasteiger partial charge in [-0.1, -0.05) is 30.4 Å². The largest absolute Gasteiger partial charge is 0.455 e. The number of rotatable bonds is 3. The molecule has 0 bridgehead atoms. The molecule has 2 nitrogen and oxygen atoms in total. The van der Waals surface area contributed by atoms with Crippen LogP contribution in [0.5, 0.6) is 11.5 Å². The van der Waals surface area contributed by atoms with E-state index >= 15 is 0 Å². The van der Waals surface area contributed by atoms with Crippen LogP contribution in [0.4, 0.5) is 0 Å². The molecule has 18 heavy (non-hydrogen) atoms. The van der Waals surface area contributed by atoms with E-state index in [1.165, 1.54) is 0 Å². The maximum atomic E-state index is 5.87. The van der Waals surface area contributed by atoms with E-state index < -0.39 is 0 Å². The van der Waals surface area contributed by atoms with Gasteiger partial charge < -0.3 is 10.5 Å². The van der Waals surface area contributed by atoms with Crippen LogP contribution in [-0.2, 0) is 0 Å². The molecule has 0 heterocycles. The van der Waals surface area contributed by atoms with Gasteiger partial charge in [0, 0.05) is 0 Å². The predicted molar refractivity (Wildman–Crippen MR) is 81.3 cm³/mol. The maximum absolute atomic E-state index is 5.87. The molecule has 0 aliphatic heterocycles. The Kier molecular flexibility index (Phi) is 3.99. The number of halogens is 1. The van der Waals surface area contributed by atoms with E-state index in [4.69, 9.17) is 22.7 Å². The number of thiocarbonyl (C=S) groups is 1. The summed E-state index contributed by atoms with van der Waals surface area (Å²) in [5.41, 5.74) is 7.53. The predicted octanol–water partition coefficient (Wildman–Crippen LogP) is 4.18. The lowest BCUT2D eigenvalue weighted by molar-refractivity contribution is 0.478. The molecule has 2 aromatic rings. The van der Waals surface area contributed by atoms with Crippen LogP contribution in [0.1, 0.15) is 11.1 Å². The Morgan fingerprint density at radius 1 is 1.17 bits per heavy atom. The summed E-state index contributed by atoms with van der Waals surface area (Å²) in [4.78, 5) is 0.331. The molecule has 0 spiro atoms. The molecule has 0 radical (unpaired) electrons. The molecule has 0 fully saturated rings. The zero-order valence-electron chi connectivity index (χ0n) is 9.81. The van der Waals surface area contributed by atoms with Crippen molar-refractivity contribution in [1.82, 2.24) is 0 Å². The molecular weight excluding hydrogens is 310 g/mol. The summed E-state index contributed by atoms with van der Waals surface area (Å²) in [6.45, 7) is 2.00. The van der Waals surface area contributed by atoms with E-state index in [1.807, 2.05) is 49.4 Å². The van der Waals surface area contributed by atoms with E-state index in [0.29, 0.717) is 10.7 Å². The van der Waals surface area contributed by atoms with Gasteiger partial charge in [-0.2, -0.15) is 0 Å². The second-order valence-electron chi connectivity index (χ2n) is 3.90. The van der Waals surface area contributed by atoms with E-state index in [1.54, 1.807) is 0 Å². The Balaban J connectivity index is 2.42. The summed E-state index contributed by atoms with van der Waals surface area (Å²) in [7, 11) is 0. The first-order valence-electron chi connectivity index (χ1n) is 5.41. The van der Waals surface area contributed by atoms with Crippen LogP contribution in [0.3, 0.4) is 0 Å². The first kappa shape index (κ1) is 13.1. The molecule has 0 aliphatic rings. The fraction of sp³-hybridized carbons (Fsp3) is 0.0714. The molecule has 0 unspecified atom stereocenters. The second kappa shape index (κ2) is 5.50. The van der Waals surface area contributed by atoms with Gasteiger partial charge in [0.05, 0.1) is 10.0 Å². The van der Waals surface area contributed by atoms with Gasteiger partial charge in [-0.05, 0) is 52.7 Å². The molecule has 4 heteroatoms. The third-order valence-corrected chi connectivity index (χ3v) is 3.33. The third-order valence-electron chi connectivity index (χ3n) is 2.46. The average molecular weight is 322 g/mol. The number of benzene rings is 2. The number of ether oxygens (including phenoxy) is 1. The van der Waals surface area contributed by atoms with E-state index in [0.717, 1.165) is 21.3 Å². The SMILES string of the molecule is Cc1ccc(C(N)=S)c(Oc2ccccc2Br)c1. The van der Waals surface area contributed by atoms with Crippen molar-refractivity contribution in [2.75, 3.05) is 0 Å². The number of nitrogens with two attached hydrogens (primary N) is 1. The Bertz CT molecular complexity index is 598. The van der Waals surface area contributed by atoms with Crippen molar-refractivity contribution in [2.45, 2.75) is 6.92 Å². The summed E-state index contributed by atoms with van der Waals surface area (Å²) in [6, 6.07) is 13.4. The number of hydrogen-bond donors (Lipinski definition) is 1. The van der Waals surface area contributed by atoms with Crippen LogP contribution in [0.25, 0.3) is 0 Å². The highest BCUT2D eigenvalue weighted by Gasteiger charge is 2.09. The first-order chi connectivity index (χ1) is 8.58. The minimum atomic E-state index is 0.331. The summed E-state index contributed by atoms with van der Waals surface area (Å²) in [5, 5.41) is 0. The topological polar surface area (TPSA) is 35.2 Å². The standard InChI is InChI=1S/C14H12BrNOS/c1-9-6-7-10(14(16)18)13(8-9)17-12-5-3-2-4-11(12)15/h2-8H,1H3,(H2,16,18). The van der Waals surface area contributed by atoms with Crippen molar-refractivity contribution in [1.29, 1.82) is 0 Å². The quantitative estimate of drug-likeness (QED) is 0.861. The van der Waals surface area contributed by atoms with Crippen molar-refractivity contribution in [3.8, 4) is 11.5 Å². The maximum Gasteiger partial charge on any atom is 0.141 e. The normalized spacial score (nSPS) is 10.1. The van der Waals surface area contributed by atoms with Gasteiger partial charge in [0.1, 0.15) is 16.5 Å². The van der Waals surface area contributed by atoms with E-state index in [-0.39, 0.29) is 0 Å². The Morgan fingerprint density at radius 3 is 2.56 bits per heavy atom. The number of para-hydroxylation sites is 1. The van der Waals surface area contributed by atoms with Crippen molar-refractivity contribution in [3.63, 3.8) is 0 Å². The summed E-state index contributed by atoms with van der Waals surface area (Å²) in [5.74, 6) is 1.41. The van der Waals surface area contributed by atoms with Gasteiger partial charge in [0.2, 0.25) is 0 Å². The first-order valence-corrected chi connectivity index (χ1v) is 6.61. The van der Waals surface area contributed by atoms with Gasteiger partial charge in [-0.3, -0.25) is 0 Å². The molecule has 2 N–H and O–H groups in total. The molecule has 0 aromatic heterocycles. The van der Waals surface area contributed by atoms with Crippen LogP contribution >= 0.6 is 28.1 Å². The van der Waals surface area contributed by atoms with Gasteiger partial charge in [0.15, 0.2) is 0 Å². The summed E-state index contributed by atoms with van der Waals surface area (Å²) in [6.07, 6.45) is 0. The number of aryl methyl sites for hydroxylation is 1. The van der Waals surface area contributed by atoms with Crippen molar-refractivity contribution >= 4 is 33.1 Å². The smallest absolute Gasteiger partial charge is 0.141 e. The van der Waals surface area contributed by atoms with E-state index in [2.05, 4.69) is 15.9 Å². The zero-order valence-corrected chi connectivity index (χ0v) is 12.2.